The second-order valence-corrected chi connectivity index (χ2v) is 6.03. The van der Waals surface area contributed by atoms with E-state index in [0.717, 1.165) is 31.4 Å². The van der Waals surface area contributed by atoms with E-state index in [2.05, 4.69) is 10.3 Å². The van der Waals surface area contributed by atoms with Crippen LogP contribution in [-0.4, -0.2) is 23.8 Å². The maximum Gasteiger partial charge on any atom is 0.257 e. The SMILES string of the molecule is COc1ccc(C(=O)Nc2ccc3c(c2)OC2(CCCC2)O3)cn1. The van der Waals surface area contributed by atoms with Crippen LogP contribution < -0.4 is 19.5 Å². The van der Waals surface area contributed by atoms with Crippen molar-refractivity contribution in [2.24, 2.45) is 0 Å². The Morgan fingerprint density at radius 2 is 1.96 bits per heavy atom. The maximum absolute atomic E-state index is 12.3. The Balaban J connectivity index is 1.49. The molecule has 2 heterocycles. The topological polar surface area (TPSA) is 69.7 Å². The summed E-state index contributed by atoms with van der Waals surface area (Å²) in [5, 5.41) is 2.85. The van der Waals surface area contributed by atoms with Crippen LogP contribution in [0.1, 0.15) is 36.0 Å². The van der Waals surface area contributed by atoms with Crippen LogP contribution in [0, 0.1) is 0 Å². The van der Waals surface area contributed by atoms with Gasteiger partial charge in [-0.2, -0.15) is 0 Å². The van der Waals surface area contributed by atoms with Gasteiger partial charge in [0.2, 0.25) is 5.88 Å². The van der Waals surface area contributed by atoms with Gasteiger partial charge in [0, 0.05) is 36.9 Å². The molecule has 0 radical (unpaired) electrons. The molecule has 1 spiro atoms. The van der Waals surface area contributed by atoms with E-state index in [1.54, 1.807) is 18.2 Å². The molecule has 1 amide bonds. The van der Waals surface area contributed by atoms with Gasteiger partial charge in [-0.25, -0.2) is 4.98 Å². The molecule has 24 heavy (non-hydrogen) atoms. The fourth-order valence-electron chi connectivity index (χ4n) is 3.13. The lowest BCUT2D eigenvalue weighted by atomic mass is 10.2. The molecule has 1 aliphatic carbocycles. The minimum atomic E-state index is -0.495. The predicted octanol–water partition coefficient (Wildman–Crippen LogP) is 3.38. The number of anilines is 1. The number of fused-ring (bicyclic) bond motifs is 1. The molecule has 6 heteroatoms. The van der Waals surface area contributed by atoms with Gasteiger partial charge in [-0.1, -0.05) is 0 Å². The third-order valence-electron chi connectivity index (χ3n) is 4.37. The van der Waals surface area contributed by atoms with Gasteiger partial charge in [-0.05, 0) is 31.0 Å². The Labute approximate surface area is 139 Å². The molecule has 2 aliphatic rings. The Morgan fingerprint density at radius 1 is 1.17 bits per heavy atom. The number of rotatable bonds is 3. The van der Waals surface area contributed by atoms with Crippen LogP contribution in [0.15, 0.2) is 36.5 Å². The van der Waals surface area contributed by atoms with Gasteiger partial charge in [0.05, 0.1) is 12.7 Å². The van der Waals surface area contributed by atoms with Crippen molar-refractivity contribution in [3.8, 4) is 17.4 Å². The number of amides is 1. The lowest BCUT2D eigenvalue weighted by Gasteiger charge is -2.21. The molecule has 0 unspecified atom stereocenters. The fraction of sp³-hybridized carbons (Fsp3) is 0.333. The third-order valence-corrected chi connectivity index (χ3v) is 4.37. The van der Waals surface area contributed by atoms with Crippen LogP contribution in [0.2, 0.25) is 0 Å². The highest BCUT2D eigenvalue weighted by atomic mass is 16.7. The first-order valence-electron chi connectivity index (χ1n) is 8.01. The van der Waals surface area contributed by atoms with Gasteiger partial charge < -0.3 is 19.5 Å². The molecule has 1 aromatic carbocycles. The molecule has 1 N–H and O–H groups in total. The summed E-state index contributed by atoms with van der Waals surface area (Å²) in [5.74, 6) is 1.16. The minimum Gasteiger partial charge on any atom is -0.481 e. The second-order valence-electron chi connectivity index (χ2n) is 6.03. The summed E-state index contributed by atoms with van der Waals surface area (Å²) in [6.45, 7) is 0. The number of carbonyl (C=O) groups is 1. The zero-order valence-corrected chi connectivity index (χ0v) is 13.4. The summed E-state index contributed by atoms with van der Waals surface area (Å²) >= 11 is 0. The molecule has 0 saturated heterocycles. The van der Waals surface area contributed by atoms with Crippen LogP contribution in [0.25, 0.3) is 0 Å². The Hall–Kier alpha value is -2.76. The van der Waals surface area contributed by atoms with Crippen molar-refractivity contribution in [2.75, 3.05) is 12.4 Å². The number of nitrogens with one attached hydrogen (secondary N) is 1. The lowest BCUT2D eigenvalue weighted by molar-refractivity contribution is -0.0716. The molecular weight excluding hydrogens is 308 g/mol. The molecule has 2 aromatic rings. The number of ether oxygens (including phenoxy) is 3. The Bertz CT molecular complexity index is 767. The Kier molecular flexibility index (Phi) is 3.52. The molecule has 1 aliphatic heterocycles. The number of methoxy groups -OCH3 is 1. The van der Waals surface area contributed by atoms with Crippen LogP contribution >= 0.6 is 0 Å². The van der Waals surface area contributed by atoms with Crippen molar-refractivity contribution in [1.82, 2.24) is 4.98 Å². The summed E-state index contributed by atoms with van der Waals surface area (Å²) in [6, 6.07) is 8.77. The summed E-state index contributed by atoms with van der Waals surface area (Å²) in [7, 11) is 1.53. The van der Waals surface area contributed by atoms with E-state index >= 15 is 0 Å². The fourth-order valence-corrected chi connectivity index (χ4v) is 3.13. The number of nitrogens with zero attached hydrogens (tertiary/aromatic N) is 1. The molecule has 4 rings (SSSR count). The van der Waals surface area contributed by atoms with Crippen molar-refractivity contribution in [2.45, 2.75) is 31.5 Å². The highest BCUT2D eigenvalue weighted by Crippen LogP contribution is 2.47. The van der Waals surface area contributed by atoms with Gasteiger partial charge >= 0.3 is 0 Å². The molecule has 6 nitrogen and oxygen atoms in total. The molecule has 0 atom stereocenters. The third kappa shape index (κ3) is 2.64. The number of hydrogen-bond acceptors (Lipinski definition) is 5. The number of carbonyl (C=O) groups excluding carboxylic acids is 1. The van der Waals surface area contributed by atoms with Crippen molar-refractivity contribution < 1.29 is 19.0 Å². The van der Waals surface area contributed by atoms with Crippen molar-refractivity contribution in [3.63, 3.8) is 0 Å². The largest absolute Gasteiger partial charge is 0.481 e. The van der Waals surface area contributed by atoms with Gasteiger partial charge in [0.25, 0.3) is 11.7 Å². The van der Waals surface area contributed by atoms with E-state index in [0.29, 0.717) is 22.9 Å². The Morgan fingerprint density at radius 3 is 2.67 bits per heavy atom. The van der Waals surface area contributed by atoms with E-state index in [4.69, 9.17) is 14.2 Å². The first-order chi connectivity index (χ1) is 11.7. The number of pyridine rings is 1. The van der Waals surface area contributed by atoms with E-state index in [1.807, 2.05) is 12.1 Å². The highest BCUT2D eigenvalue weighted by molar-refractivity contribution is 6.04. The smallest absolute Gasteiger partial charge is 0.257 e. The lowest BCUT2D eigenvalue weighted by Crippen LogP contribution is -2.34. The minimum absolute atomic E-state index is 0.236. The van der Waals surface area contributed by atoms with Gasteiger partial charge in [0.15, 0.2) is 11.5 Å². The van der Waals surface area contributed by atoms with Crippen LogP contribution in [0.3, 0.4) is 0 Å². The molecular formula is C18H18N2O4. The van der Waals surface area contributed by atoms with Crippen molar-refractivity contribution in [3.05, 3.63) is 42.1 Å². The summed E-state index contributed by atoms with van der Waals surface area (Å²) in [5.41, 5.74) is 1.12. The van der Waals surface area contributed by atoms with E-state index in [9.17, 15) is 4.79 Å². The summed E-state index contributed by atoms with van der Waals surface area (Å²) < 4.78 is 17.0. The first-order valence-corrected chi connectivity index (χ1v) is 8.01. The number of aromatic nitrogens is 1. The quantitative estimate of drug-likeness (QED) is 0.936. The molecule has 0 bridgehead atoms. The first kappa shape index (κ1) is 14.8. The highest BCUT2D eigenvalue weighted by Gasteiger charge is 2.44. The second kappa shape index (κ2) is 5.70. The molecule has 1 saturated carbocycles. The van der Waals surface area contributed by atoms with E-state index in [-0.39, 0.29) is 5.91 Å². The standard InChI is InChI=1S/C18H18N2O4/c1-22-16-7-4-12(11-19-16)17(21)20-13-5-6-14-15(10-13)24-18(23-14)8-2-3-9-18/h4-7,10-11H,2-3,8-9H2,1H3,(H,20,21). The van der Waals surface area contributed by atoms with Crippen LogP contribution in [0.5, 0.6) is 17.4 Å². The van der Waals surface area contributed by atoms with Gasteiger partial charge in [-0.3, -0.25) is 4.79 Å². The molecule has 1 aromatic heterocycles. The normalized spacial score (nSPS) is 17.0. The van der Waals surface area contributed by atoms with Gasteiger partial charge in [-0.15, -0.1) is 0 Å². The molecule has 1 fully saturated rings. The molecule has 124 valence electrons. The average Bonchev–Trinajstić information content (AvgIpc) is 3.20. The summed E-state index contributed by atoms with van der Waals surface area (Å²) in [6.07, 6.45) is 5.51. The number of benzene rings is 1. The van der Waals surface area contributed by atoms with Crippen LogP contribution in [-0.2, 0) is 0 Å². The number of hydrogen-bond donors (Lipinski definition) is 1. The van der Waals surface area contributed by atoms with E-state index < -0.39 is 5.79 Å². The predicted molar refractivity (Wildman–Crippen MR) is 87.6 cm³/mol. The van der Waals surface area contributed by atoms with Crippen molar-refractivity contribution in [1.29, 1.82) is 0 Å². The average molecular weight is 326 g/mol. The van der Waals surface area contributed by atoms with E-state index in [1.165, 1.54) is 13.3 Å². The van der Waals surface area contributed by atoms with Crippen molar-refractivity contribution >= 4 is 11.6 Å². The maximum atomic E-state index is 12.3. The monoisotopic (exact) mass is 326 g/mol. The van der Waals surface area contributed by atoms with Gasteiger partial charge in [0.1, 0.15) is 0 Å². The summed E-state index contributed by atoms with van der Waals surface area (Å²) in [4.78, 5) is 16.3. The van der Waals surface area contributed by atoms with Crippen LogP contribution in [0.4, 0.5) is 5.69 Å². The zero-order valence-electron chi connectivity index (χ0n) is 13.4. The zero-order chi connectivity index (χ0) is 16.6.